The van der Waals surface area contributed by atoms with E-state index in [0.717, 1.165) is 47.7 Å². The van der Waals surface area contributed by atoms with Gasteiger partial charge in [0.1, 0.15) is 23.2 Å². The van der Waals surface area contributed by atoms with Gasteiger partial charge < -0.3 is 19.1 Å². The normalized spacial score (nSPS) is 17.2. The van der Waals surface area contributed by atoms with E-state index in [9.17, 15) is 4.79 Å². The molecule has 1 aliphatic rings. The predicted octanol–water partition coefficient (Wildman–Crippen LogP) is 3.32. The Balaban J connectivity index is 1.48. The summed E-state index contributed by atoms with van der Waals surface area (Å²) in [6.45, 7) is 7.97. The van der Waals surface area contributed by atoms with Crippen molar-refractivity contribution in [1.29, 1.82) is 0 Å². The molecule has 3 aromatic heterocycles. The van der Waals surface area contributed by atoms with Gasteiger partial charge in [-0.1, -0.05) is 0 Å². The summed E-state index contributed by atoms with van der Waals surface area (Å²) in [7, 11) is 0. The van der Waals surface area contributed by atoms with Crippen LogP contribution in [0.4, 0.5) is 5.82 Å². The number of piperidine rings is 1. The number of nitrogens with zero attached hydrogens (tertiary/aromatic N) is 3. The van der Waals surface area contributed by atoms with Gasteiger partial charge in [0.25, 0.3) is 0 Å². The summed E-state index contributed by atoms with van der Waals surface area (Å²) in [6.07, 6.45) is 4.20. The van der Waals surface area contributed by atoms with Crippen LogP contribution in [0, 0.1) is 26.7 Å². The molecule has 1 N–H and O–H groups in total. The van der Waals surface area contributed by atoms with E-state index in [0.29, 0.717) is 31.0 Å². The van der Waals surface area contributed by atoms with Crippen molar-refractivity contribution < 1.29 is 13.6 Å². The first kappa shape index (κ1) is 18.5. The minimum atomic E-state index is -0.0519. The average molecular weight is 382 g/mol. The van der Waals surface area contributed by atoms with Crippen molar-refractivity contribution in [3.63, 3.8) is 0 Å². The number of hydrogen-bond donors (Lipinski definition) is 1. The molecule has 1 amide bonds. The lowest BCUT2D eigenvalue weighted by Crippen LogP contribution is -2.44. The Hall–Kier alpha value is -2.83. The Bertz CT molecular complexity index is 977. The Labute approximate surface area is 164 Å². The number of carbonyl (C=O) groups is 1. The van der Waals surface area contributed by atoms with Gasteiger partial charge in [-0.25, -0.2) is 4.98 Å². The van der Waals surface area contributed by atoms with Gasteiger partial charge in [0.05, 0.1) is 17.6 Å². The Kier molecular flexibility index (Phi) is 5.07. The third-order valence-corrected chi connectivity index (χ3v) is 5.46. The van der Waals surface area contributed by atoms with Crippen molar-refractivity contribution in [3.05, 3.63) is 41.3 Å². The lowest BCUT2D eigenvalue weighted by atomic mass is 9.96. The number of rotatable bonds is 5. The van der Waals surface area contributed by atoms with E-state index in [1.54, 1.807) is 6.26 Å². The van der Waals surface area contributed by atoms with Crippen LogP contribution < -0.4 is 10.2 Å². The van der Waals surface area contributed by atoms with Gasteiger partial charge in [-0.2, -0.15) is 4.98 Å². The SMILES string of the molecule is Cc1nc(N2CCC[C@H](C(=O)NCCc3ccco3)C2)c2c(C)c(C)oc2n1. The van der Waals surface area contributed by atoms with E-state index in [1.807, 2.05) is 32.9 Å². The zero-order valence-electron chi connectivity index (χ0n) is 16.6. The van der Waals surface area contributed by atoms with Gasteiger partial charge in [-0.3, -0.25) is 4.79 Å². The van der Waals surface area contributed by atoms with E-state index in [-0.39, 0.29) is 11.8 Å². The molecule has 28 heavy (non-hydrogen) atoms. The maximum absolute atomic E-state index is 12.7. The van der Waals surface area contributed by atoms with E-state index >= 15 is 0 Å². The van der Waals surface area contributed by atoms with Crippen LogP contribution in [-0.2, 0) is 11.2 Å². The third kappa shape index (κ3) is 3.61. The highest BCUT2D eigenvalue weighted by Crippen LogP contribution is 2.33. The van der Waals surface area contributed by atoms with Crippen LogP contribution in [0.25, 0.3) is 11.1 Å². The molecule has 0 aliphatic carbocycles. The van der Waals surface area contributed by atoms with Crippen molar-refractivity contribution in [1.82, 2.24) is 15.3 Å². The molecule has 1 fully saturated rings. The average Bonchev–Trinajstić information content (AvgIpc) is 3.29. The second-order valence-corrected chi connectivity index (χ2v) is 7.46. The summed E-state index contributed by atoms with van der Waals surface area (Å²) in [5.74, 6) is 3.35. The van der Waals surface area contributed by atoms with Crippen LogP contribution in [-0.4, -0.2) is 35.5 Å². The summed E-state index contributed by atoms with van der Waals surface area (Å²) in [4.78, 5) is 24.0. The molecule has 0 aromatic carbocycles. The van der Waals surface area contributed by atoms with Crippen molar-refractivity contribution in [2.75, 3.05) is 24.5 Å². The molecule has 0 saturated carbocycles. The summed E-state index contributed by atoms with van der Waals surface area (Å²) < 4.78 is 11.1. The molecule has 1 aliphatic heterocycles. The fourth-order valence-electron chi connectivity index (χ4n) is 3.85. The molecule has 0 unspecified atom stereocenters. The minimum Gasteiger partial charge on any atom is -0.469 e. The van der Waals surface area contributed by atoms with E-state index < -0.39 is 0 Å². The number of aryl methyl sites for hydroxylation is 3. The van der Waals surface area contributed by atoms with Crippen LogP contribution in [0.5, 0.6) is 0 Å². The number of carbonyl (C=O) groups excluding carboxylic acids is 1. The first-order chi connectivity index (χ1) is 13.5. The number of nitrogens with one attached hydrogen (secondary N) is 1. The second-order valence-electron chi connectivity index (χ2n) is 7.46. The lowest BCUT2D eigenvalue weighted by Gasteiger charge is -2.33. The van der Waals surface area contributed by atoms with Crippen LogP contribution in [0.15, 0.2) is 27.2 Å². The molecule has 148 valence electrons. The van der Waals surface area contributed by atoms with Gasteiger partial charge in [-0.15, -0.1) is 0 Å². The zero-order valence-corrected chi connectivity index (χ0v) is 16.6. The van der Waals surface area contributed by atoms with Crippen molar-refractivity contribution in [2.24, 2.45) is 5.92 Å². The summed E-state index contributed by atoms with van der Waals surface area (Å²) in [5, 5.41) is 4.01. The van der Waals surface area contributed by atoms with Gasteiger partial charge in [-0.05, 0) is 45.7 Å². The van der Waals surface area contributed by atoms with Crippen LogP contribution in [0.3, 0.4) is 0 Å². The fraction of sp³-hybridized carbons (Fsp3) is 0.476. The molecule has 1 atom stereocenters. The monoisotopic (exact) mass is 382 g/mol. The summed E-state index contributed by atoms with van der Waals surface area (Å²) in [6, 6.07) is 3.78. The number of anilines is 1. The van der Waals surface area contributed by atoms with Crippen LogP contribution in [0.1, 0.15) is 35.7 Å². The number of aromatic nitrogens is 2. The van der Waals surface area contributed by atoms with E-state index in [4.69, 9.17) is 13.8 Å². The fourth-order valence-corrected chi connectivity index (χ4v) is 3.85. The molecule has 7 nitrogen and oxygen atoms in total. The number of furan rings is 2. The second kappa shape index (κ2) is 7.66. The highest BCUT2D eigenvalue weighted by molar-refractivity contribution is 5.90. The zero-order chi connectivity index (χ0) is 19.7. The summed E-state index contributed by atoms with van der Waals surface area (Å²) in [5.41, 5.74) is 1.69. The van der Waals surface area contributed by atoms with Crippen LogP contribution in [0.2, 0.25) is 0 Å². The molecular formula is C21H26N4O3. The standard InChI is InChI=1S/C21H26N4O3/c1-13-14(2)28-21-18(13)19(23-15(3)24-21)25-10-4-6-16(12-25)20(26)22-9-8-17-7-5-11-27-17/h5,7,11,16H,4,6,8-10,12H2,1-3H3,(H,22,26)/t16-/m0/s1. The van der Waals surface area contributed by atoms with Gasteiger partial charge >= 0.3 is 0 Å². The molecule has 3 aromatic rings. The number of amides is 1. The molecule has 1 saturated heterocycles. The van der Waals surface area contributed by atoms with Crippen molar-refractivity contribution >= 4 is 22.8 Å². The third-order valence-electron chi connectivity index (χ3n) is 5.46. The maximum Gasteiger partial charge on any atom is 0.231 e. The molecule has 4 heterocycles. The lowest BCUT2D eigenvalue weighted by molar-refractivity contribution is -0.125. The summed E-state index contributed by atoms with van der Waals surface area (Å²) >= 11 is 0. The molecule has 0 spiro atoms. The van der Waals surface area contributed by atoms with Crippen LogP contribution >= 0.6 is 0 Å². The Morgan fingerprint density at radius 1 is 1.32 bits per heavy atom. The topological polar surface area (TPSA) is 84.4 Å². The number of hydrogen-bond acceptors (Lipinski definition) is 6. The highest BCUT2D eigenvalue weighted by Gasteiger charge is 2.29. The Morgan fingerprint density at radius 3 is 2.96 bits per heavy atom. The first-order valence-corrected chi connectivity index (χ1v) is 9.82. The predicted molar refractivity (Wildman–Crippen MR) is 106 cm³/mol. The minimum absolute atomic E-state index is 0.0519. The van der Waals surface area contributed by atoms with Gasteiger partial charge in [0.2, 0.25) is 11.6 Å². The molecule has 0 bridgehead atoms. The number of fused-ring (bicyclic) bond motifs is 1. The van der Waals surface area contributed by atoms with E-state index in [1.165, 1.54) is 0 Å². The molecule has 7 heteroatoms. The smallest absolute Gasteiger partial charge is 0.231 e. The van der Waals surface area contributed by atoms with Gasteiger partial charge in [0.15, 0.2) is 0 Å². The Morgan fingerprint density at radius 2 is 2.18 bits per heavy atom. The highest BCUT2D eigenvalue weighted by atomic mass is 16.3. The largest absolute Gasteiger partial charge is 0.469 e. The molecule has 4 rings (SSSR count). The van der Waals surface area contributed by atoms with Crippen molar-refractivity contribution in [2.45, 2.75) is 40.0 Å². The first-order valence-electron chi connectivity index (χ1n) is 9.82. The van der Waals surface area contributed by atoms with E-state index in [2.05, 4.69) is 15.2 Å². The quantitative estimate of drug-likeness (QED) is 0.729. The van der Waals surface area contributed by atoms with Gasteiger partial charge in [0, 0.05) is 31.6 Å². The van der Waals surface area contributed by atoms with Crippen molar-refractivity contribution in [3.8, 4) is 0 Å². The molecular weight excluding hydrogens is 356 g/mol. The maximum atomic E-state index is 12.7. The molecule has 0 radical (unpaired) electrons.